The smallest absolute Gasteiger partial charge is 0.410 e. The van der Waals surface area contributed by atoms with Crippen LogP contribution >= 0.6 is 0 Å². The monoisotopic (exact) mass is 400 g/mol. The summed E-state index contributed by atoms with van der Waals surface area (Å²) in [7, 11) is 0. The summed E-state index contributed by atoms with van der Waals surface area (Å²) in [6.07, 6.45) is 0.632. The molecule has 29 heavy (non-hydrogen) atoms. The first-order valence-electron chi connectivity index (χ1n) is 10.2. The van der Waals surface area contributed by atoms with Crippen molar-refractivity contribution in [2.75, 3.05) is 32.7 Å². The molecule has 0 unspecified atom stereocenters. The predicted octanol–water partition coefficient (Wildman–Crippen LogP) is 3.24. The number of aromatic nitrogens is 2. The topological polar surface area (TPSA) is 59.7 Å². The maximum atomic E-state index is 12.8. The van der Waals surface area contributed by atoms with Crippen molar-refractivity contribution in [2.45, 2.75) is 46.3 Å². The van der Waals surface area contributed by atoms with Crippen LogP contribution in [0.1, 0.15) is 34.1 Å². The van der Waals surface area contributed by atoms with Gasteiger partial charge in [0.05, 0.1) is 11.0 Å². The van der Waals surface area contributed by atoms with Gasteiger partial charge >= 0.3 is 11.8 Å². The highest BCUT2D eigenvalue weighted by molar-refractivity contribution is 5.79. The number of nitrogens with zero attached hydrogens (tertiary/aromatic N) is 4. The lowest BCUT2D eigenvalue weighted by atomic mass is 10.2. The zero-order chi connectivity index (χ0) is 21.2. The van der Waals surface area contributed by atoms with E-state index in [4.69, 9.17) is 4.74 Å². The molecule has 0 saturated carbocycles. The van der Waals surface area contributed by atoms with Gasteiger partial charge in [0.1, 0.15) is 5.60 Å². The van der Waals surface area contributed by atoms with Gasteiger partial charge in [-0.2, -0.15) is 0 Å². The minimum Gasteiger partial charge on any atom is -0.444 e. The maximum absolute atomic E-state index is 12.8. The number of benzene rings is 1. The Bertz CT molecular complexity index is 943. The summed E-state index contributed by atoms with van der Waals surface area (Å²) in [5.74, 6) is 0. The molecule has 0 aliphatic carbocycles. The standard InChI is InChI=1S/C22H32N4O3/c1-17(2)26-19-10-7-6-9-18(19)25(20(26)27)12-8-11-23-13-15-24(16-14-23)21(28)29-22(3,4)5/h6-7,9-10H,1,8,11-16H2,2-5H3. The second-order valence-electron chi connectivity index (χ2n) is 8.66. The molecule has 1 aliphatic heterocycles. The number of carbonyl (C=O) groups is 1. The van der Waals surface area contributed by atoms with Gasteiger partial charge in [-0.15, -0.1) is 0 Å². The van der Waals surface area contributed by atoms with Gasteiger partial charge in [0.25, 0.3) is 0 Å². The van der Waals surface area contributed by atoms with Crippen molar-refractivity contribution >= 4 is 22.8 Å². The molecule has 7 heteroatoms. The van der Waals surface area contributed by atoms with E-state index in [0.717, 1.165) is 42.8 Å². The summed E-state index contributed by atoms with van der Waals surface area (Å²) < 4.78 is 8.96. The number of aryl methyl sites for hydroxylation is 1. The number of piperazine rings is 1. The van der Waals surface area contributed by atoms with E-state index in [0.29, 0.717) is 19.6 Å². The Balaban J connectivity index is 1.56. The molecule has 1 aliphatic rings. The van der Waals surface area contributed by atoms with Gasteiger partial charge in [-0.3, -0.25) is 14.0 Å². The van der Waals surface area contributed by atoms with Crippen molar-refractivity contribution in [3.05, 3.63) is 41.3 Å². The van der Waals surface area contributed by atoms with Crippen molar-refractivity contribution in [3.63, 3.8) is 0 Å². The van der Waals surface area contributed by atoms with Crippen LogP contribution in [0.25, 0.3) is 16.7 Å². The number of hydrogen-bond donors (Lipinski definition) is 0. The SMILES string of the molecule is C=C(C)n1c(=O)n(CCCN2CCN(C(=O)OC(C)(C)C)CC2)c2ccccc21. The zero-order valence-corrected chi connectivity index (χ0v) is 18.0. The molecule has 1 saturated heterocycles. The third-order valence-corrected chi connectivity index (χ3v) is 5.10. The van der Waals surface area contributed by atoms with Crippen LogP contribution in [0.4, 0.5) is 4.79 Å². The molecule has 0 bridgehead atoms. The zero-order valence-electron chi connectivity index (χ0n) is 18.0. The first kappa shape index (κ1) is 21.2. The van der Waals surface area contributed by atoms with Crippen LogP contribution in [0.3, 0.4) is 0 Å². The molecular weight excluding hydrogens is 368 g/mol. The highest BCUT2D eigenvalue weighted by atomic mass is 16.6. The lowest BCUT2D eigenvalue weighted by Crippen LogP contribution is -2.50. The van der Waals surface area contributed by atoms with E-state index in [1.54, 1.807) is 9.47 Å². The van der Waals surface area contributed by atoms with Gasteiger partial charge in [0.15, 0.2) is 0 Å². The molecule has 158 valence electrons. The Morgan fingerprint density at radius 3 is 2.28 bits per heavy atom. The van der Waals surface area contributed by atoms with Crippen LogP contribution < -0.4 is 5.69 Å². The molecule has 0 radical (unpaired) electrons. The van der Waals surface area contributed by atoms with Gasteiger partial charge in [0.2, 0.25) is 0 Å². The summed E-state index contributed by atoms with van der Waals surface area (Å²) >= 11 is 0. The molecule has 0 atom stereocenters. The molecule has 3 rings (SSSR count). The summed E-state index contributed by atoms with van der Waals surface area (Å²) in [6, 6.07) is 7.83. The van der Waals surface area contributed by atoms with Gasteiger partial charge in [0, 0.05) is 38.4 Å². The summed E-state index contributed by atoms with van der Waals surface area (Å²) in [6.45, 7) is 16.0. The molecule has 1 amide bonds. The highest BCUT2D eigenvalue weighted by Gasteiger charge is 2.25. The van der Waals surface area contributed by atoms with Crippen molar-refractivity contribution in [1.29, 1.82) is 0 Å². The van der Waals surface area contributed by atoms with Crippen LogP contribution in [0, 0.1) is 0 Å². The van der Waals surface area contributed by atoms with E-state index in [9.17, 15) is 9.59 Å². The van der Waals surface area contributed by atoms with Crippen molar-refractivity contribution < 1.29 is 9.53 Å². The minimum absolute atomic E-state index is 0.0338. The van der Waals surface area contributed by atoms with Crippen molar-refractivity contribution in [1.82, 2.24) is 18.9 Å². The van der Waals surface area contributed by atoms with Crippen LogP contribution in [-0.2, 0) is 11.3 Å². The second kappa shape index (κ2) is 8.45. The fourth-order valence-electron chi connectivity index (χ4n) is 3.73. The number of ether oxygens (including phenoxy) is 1. The average Bonchev–Trinajstić information content (AvgIpc) is 2.93. The number of rotatable bonds is 5. The first-order valence-corrected chi connectivity index (χ1v) is 10.2. The predicted molar refractivity (Wildman–Crippen MR) is 116 cm³/mol. The number of carbonyl (C=O) groups excluding carboxylic acids is 1. The van der Waals surface area contributed by atoms with E-state index in [1.165, 1.54) is 0 Å². The average molecular weight is 401 g/mol. The Morgan fingerprint density at radius 1 is 1.07 bits per heavy atom. The van der Waals surface area contributed by atoms with E-state index in [-0.39, 0.29) is 11.8 Å². The minimum atomic E-state index is -0.468. The number of allylic oxidation sites excluding steroid dienone is 1. The lowest BCUT2D eigenvalue weighted by Gasteiger charge is -2.35. The Kier molecular flexibility index (Phi) is 6.17. The summed E-state index contributed by atoms with van der Waals surface area (Å²) in [4.78, 5) is 29.1. The van der Waals surface area contributed by atoms with Gasteiger partial charge < -0.3 is 9.64 Å². The van der Waals surface area contributed by atoms with E-state index in [2.05, 4.69) is 11.5 Å². The fourth-order valence-corrected chi connectivity index (χ4v) is 3.73. The van der Waals surface area contributed by atoms with Crippen LogP contribution in [0.15, 0.2) is 35.6 Å². The van der Waals surface area contributed by atoms with Gasteiger partial charge in [-0.1, -0.05) is 18.7 Å². The largest absolute Gasteiger partial charge is 0.444 e. The lowest BCUT2D eigenvalue weighted by molar-refractivity contribution is 0.0144. The molecule has 1 aromatic heterocycles. The van der Waals surface area contributed by atoms with E-state index < -0.39 is 5.60 Å². The van der Waals surface area contributed by atoms with Crippen LogP contribution in [0.5, 0.6) is 0 Å². The Labute approximate surface area is 172 Å². The molecule has 1 fully saturated rings. The molecule has 7 nitrogen and oxygen atoms in total. The van der Waals surface area contributed by atoms with Crippen LogP contribution in [-0.4, -0.2) is 63.4 Å². The van der Waals surface area contributed by atoms with E-state index in [1.807, 2.05) is 56.5 Å². The number of fused-ring (bicyclic) bond motifs is 1. The third-order valence-electron chi connectivity index (χ3n) is 5.10. The Morgan fingerprint density at radius 2 is 1.69 bits per heavy atom. The molecule has 2 aromatic rings. The molecule has 1 aromatic carbocycles. The number of para-hydroxylation sites is 2. The normalized spacial score (nSPS) is 15.7. The van der Waals surface area contributed by atoms with Crippen LogP contribution in [0.2, 0.25) is 0 Å². The summed E-state index contributed by atoms with van der Waals surface area (Å²) in [5.41, 5.74) is 2.06. The molecular formula is C22H32N4O3. The molecule has 0 N–H and O–H groups in total. The third kappa shape index (κ3) is 4.90. The number of hydrogen-bond acceptors (Lipinski definition) is 4. The maximum Gasteiger partial charge on any atom is 0.410 e. The number of amides is 1. The Hall–Kier alpha value is -2.54. The summed E-state index contributed by atoms with van der Waals surface area (Å²) in [5, 5.41) is 0. The molecule has 2 heterocycles. The van der Waals surface area contributed by atoms with E-state index >= 15 is 0 Å². The number of imidazole rings is 1. The highest BCUT2D eigenvalue weighted by Crippen LogP contribution is 2.16. The van der Waals surface area contributed by atoms with Crippen molar-refractivity contribution in [3.8, 4) is 0 Å². The quantitative estimate of drug-likeness (QED) is 0.773. The second-order valence-corrected chi connectivity index (χ2v) is 8.66. The van der Waals surface area contributed by atoms with Gasteiger partial charge in [-0.25, -0.2) is 9.59 Å². The van der Waals surface area contributed by atoms with Crippen molar-refractivity contribution in [2.24, 2.45) is 0 Å². The fraction of sp³-hybridized carbons (Fsp3) is 0.545. The molecule has 0 spiro atoms. The first-order chi connectivity index (χ1) is 13.7. The van der Waals surface area contributed by atoms with Gasteiger partial charge in [-0.05, 0) is 52.8 Å².